The molecule has 24 heavy (non-hydrogen) atoms. The monoisotopic (exact) mass is 331 g/mol. The van der Waals surface area contributed by atoms with Gasteiger partial charge in [-0.2, -0.15) is 0 Å². The van der Waals surface area contributed by atoms with E-state index in [4.69, 9.17) is 0 Å². The number of amides is 1. The van der Waals surface area contributed by atoms with Crippen LogP contribution < -0.4 is 0 Å². The predicted octanol–water partition coefficient (Wildman–Crippen LogP) is 2.62. The largest absolute Gasteiger partial charge is 0.396 e. The molecule has 1 saturated carbocycles. The van der Waals surface area contributed by atoms with Crippen LogP contribution >= 0.6 is 0 Å². The van der Waals surface area contributed by atoms with E-state index in [0.29, 0.717) is 18.9 Å². The second-order valence-electron chi connectivity index (χ2n) is 8.31. The first-order chi connectivity index (χ1) is 11.3. The van der Waals surface area contributed by atoms with Crippen molar-refractivity contribution in [3.63, 3.8) is 0 Å². The highest BCUT2D eigenvalue weighted by molar-refractivity contribution is 5.94. The van der Waals surface area contributed by atoms with Crippen LogP contribution in [-0.4, -0.2) is 46.3 Å². The van der Waals surface area contributed by atoms with Gasteiger partial charge in [-0.3, -0.25) is 4.79 Å². The number of benzene rings is 1. The fourth-order valence-electron chi connectivity index (χ4n) is 4.32. The summed E-state index contributed by atoms with van der Waals surface area (Å²) in [5.74, 6) is 0.521. The van der Waals surface area contributed by atoms with Gasteiger partial charge in [-0.15, -0.1) is 0 Å². The van der Waals surface area contributed by atoms with E-state index in [1.54, 1.807) is 13.8 Å². The third kappa shape index (κ3) is 3.50. The number of aliphatic hydroxyl groups excluding tert-OH is 1. The Morgan fingerprint density at radius 1 is 1.42 bits per heavy atom. The SMILES string of the molecule is CC(C)(O)CCc1cccc(C(=O)N2C[C@H]3CCC[C@@]3(CO)C2)c1. The molecule has 0 unspecified atom stereocenters. The first-order valence-electron chi connectivity index (χ1n) is 9.04. The summed E-state index contributed by atoms with van der Waals surface area (Å²) in [6.07, 6.45) is 4.75. The molecule has 4 nitrogen and oxygen atoms in total. The molecule has 1 aromatic rings. The highest BCUT2D eigenvalue weighted by Crippen LogP contribution is 2.48. The van der Waals surface area contributed by atoms with Crippen molar-refractivity contribution in [3.8, 4) is 0 Å². The molecule has 2 fully saturated rings. The Kier molecular flexibility index (Phi) is 4.71. The third-order valence-corrected chi connectivity index (χ3v) is 5.84. The minimum Gasteiger partial charge on any atom is -0.396 e. The Labute approximate surface area is 144 Å². The van der Waals surface area contributed by atoms with Crippen LogP contribution in [0.25, 0.3) is 0 Å². The van der Waals surface area contributed by atoms with Crippen LogP contribution in [0.4, 0.5) is 0 Å². The van der Waals surface area contributed by atoms with Gasteiger partial charge in [0.05, 0.1) is 12.2 Å². The first kappa shape index (κ1) is 17.4. The first-order valence-corrected chi connectivity index (χ1v) is 9.04. The number of nitrogens with zero attached hydrogens (tertiary/aromatic N) is 1. The van der Waals surface area contributed by atoms with Crippen LogP contribution in [-0.2, 0) is 6.42 Å². The second kappa shape index (κ2) is 6.49. The van der Waals surface area contributed by atoms with Gasteiger partial charge < -0.3 is 15.1 Å². The molecule has 3 rings (SSSR count). The van der Waals surface area contributed by atoms with Crippen molar-refractivity contribution >= 4 is 5.91 Å². The Hall–Kier alpha value is -1.39. The van der Waals surface area contributed by atoms with E-state index in [2.05, 4.69) is 0 Å². The standard InChI is InChI=1S/C20H29NO3/c1-19(2,24)10-8-15-5-3-6-16(11-15)18(23)21-12-17-7-4-9-20(17,13-21)14-22/h3,5-6,11,17,22,24H,4,7-10,12-14H2,1-2H3/t17-,20+/m1/s1. The van der Waals surface area contributed by atoms with Gasteiger partial charge in [0.15, 0.2) is 0 Å². The van der Waals surface area contributed by atoms with Crippen LogP contribution in [0, 0.1) is 11.3 Å². The molecule has 1 heterocycles. The van der Waals surface area contributed by atoms with Crippen LogP contribution in [0.1, 0.15) is 55.5 Å². The number of carbonyl (C=O) groups is 1. The van der Waals surface area contributed by atoms with Crippen molar-refractivity contribution in [2.45, 2.75) is 51.6 Å². The quantitative estimate of drug-likeness (QED) is 0.872. The predicted molar refractivity (Wildman–Crippen MR) is 93.8 cm³/mol. The summed E-state index contributed by atoms with van der Waals surface area (Å²) < 4.78 is 0. The van der Waals surface area contributed by atoms with Crippen LogP contribution in [0.5, 0.6) is 0 Å². The number of aryl methyl sites for hydroxylation is 1. The van der Waals surface area contributed by atoms with E-state index in [-0.39, 0.29) is 17.9 Å². The average Bonchev–Trinajstić information content (AvgIpc) is 3.09. The van der Waals surface area contributed by atoms with Crippen LogP contribution in [0.15, 0.2) is 24.3 Å². The van der Waals surface area contributed by atoms with Crippen LogP contribution in [0.3, 0.4) is 0 Å². The number of hydrogen-bond acceptors (Lipinski definition) is 3. The highest BCUT2D eigenvalue weighted by Gasteiger charge is 2.50. The number of hydrogen-bond donors (Lipinski definition) is 2. The Morgan fingerprint density at radius 3 is 2.88 bits per heavy atom. The molecule has 2 N–H and O–H groups in total. The maximum absolute atomic E-state index is 12.9. The molecular weight excluding hydrogens is 302 g/mol. The molecule has 1 amide bonds. The second-order valence-corrected chi connectivity index (χ2v) is 8.31. The van der Waals surface area contributed by atoms with Crippen molar-refractivity contribution in [2.75, 3.05) is 19.7 Å². The lowest BCUT2D eigenvalue weighted by atomic mass is 9.82. The molecule has 2 atom stereocenters. The summed E-state index contributed by atoms with van der Waals surface area (Å²) in [6.45, 7) is 5.25. The van der Waals surface area contributed by atoms with Crippen LogP contribution in [0.2, 0.25) is 0 Å². The zero-order chi connectivity index (χ0) is 17.4. The minimum atomic E-state index is -0.695. The molecule has 1 aromatic carbocycles. The van der Waals surface area contributed by atoms with E-state index in [0.717, 1.165) is 36.9 Å². The van der Waals surface area contributed by atoms with Gasteiger partial charge in [0.1, 0.15) is 0 Å². The van der Waals surface area contributed by atoms with E-state index < -0.39 is 5.60 Å². The number of carbonyl (C=O) groups excluding carboxylic acids is 1. The molecule has 0 spiro atoms. The smallest absolute Gasteiger partial charge is 0.253 e. The van der Waals surface area contributed by atoms with Crippen molar-refractivity contribution in [3.05, 3.63) is 35.4 Å². The molecule has 132 valence electrons. The van der Waals surface area contributed by atoms with E-state index >= 15 is 0 Å². The van der Waals surface area contributed by atoms with E-state index in [1.807, 2.05) is 29.2 Å². The fourth-order valence-corrected chi connectivity index (χ4v) is 4.32. The number of fused-ring (bicyclic) bond motifs is 1. The normalized spacial score (nSPS) is 26.7. The van der Waals surface area contributed by atoms with Gasteiger partial charge in [0, 0.05) is 24.1 Å². The topological polar surface area (TPSA) is 60.8 Å². The minimum absolute atomic E-state index is 0.0613. The summed E-state index contributed by atoms with van der Waals surface area (Å²) >= 11 is 0. The highest BCUT2D eigenvalue weighted by atomic mass is 16.3. The lowest BCUT2D eigenvalue weighted by molar-refractivity contribution is 0.0714. The van der Waals surface area contributed by atoms with Crippen molar-refractivity contribution in [1.29, 1.82) is 0 Å². The summed E-state index contributed by atoms with van der Waals surface area (Å²) in [4.78, 5) is 14.8. The van der Waals surface area contributed by atoms with Crippen molar-refractivity contribution in [2.24, 2.45) is 11.3 Å². The van der Waals surface area contributed by atoms with Gasteiger partial charge in [-0.05, 0) is 63.1 Å². The van der Waals surface area contributed by atoms with Gasteiger partial charge in [0.25, 0.3) is 5.91 Å². The summed E-state index contributed by atoms with van der Waals surface area (Å²) in [5.41, 5.74) is 1.05. The number of rotatable bonds is 5. The molecule has 1 aliphatic heterocycles. The lowest BCUT2D eigenvalue weighted by Crippen LogP contribution is -2.34. The summed E-state index contributed by atoms with van der Waals surface area (Å²) in [5, 5.41) is 19.7. The van der Waals surface area contributed by atoms with Gasteiger partial charge in [-0.1, -0.05) is 18.6 Å². The maximum Gasteiger partial charge on any atom is 0.253 e. The molecule has 4 heteroatoms. The van der Waals surface area contributed by atoms with E-state index in [9.17, 15) is 15.0 Å². The third-order valence-electron chi connectivity index (χ3n) is 5.84. The molecular formula is C20H29NO3. The van der Waals surface area contributed by atoms with Crippen molar-refractivity contribution < 1.29 is 15.0 Å². The lowest BCUT2D eigenvalue weighted by Gasteiger charge is -2.26. The van der Waals surface area contributed by atoms with Gasteiger partial charge in [0.2, 0.25) is 0 Å². The van der Waals surface area contributed by atoms with E-state index in [1.165, 1.54) is 6.42 Å². The summed E-state index contributed by atoms with van der Waals surface area (Å²) in [6, 6.07) is 7.76. The molecule has 2 aliphatic rings. The number of likely N-dealkylation sites (tertiary alicyclic amines) is 1. The van der Waals surface area contributed by atoms with Gasteiger partial charge >= 0.3 is 0 Å². The van der Waals surface area contributed by atoms with Crippen molar-refractivity contribution in [1.82, 2.24) is 4.90 Å². The Bertz CT molecular complexity index is 607. The molecule has 0 bridgehead atoms. The fraction of sp³-hybridized carbons (Fsp3) is 0.650. The molecule has 0 aromatic heterocycles. The molecule has 1 aliphatic carbocycles. The maximum atomic E-state index is 12.9. The number of aliphatic hydroxyl groups is 2. The summed E-state index contributed by atoms with van der Waals surface area (Å²) in [7, 11) is 0. The average molecular weight is 331 g/mol. The Balaban J connectivity index is 1.70. The molecule has 0 radical (unpaired) electrons. The zero-order valence-electron chi connectivity index (χ0n) is 14.8. The Morgan fingerprint density at radius 2 is 2.21 bits per heavy atom. The molecule has 1 saturated heterocycles. The van der Waals surface area contributed by atoms with Gasteiger partial charge in [-0.25, -0.2) is 0 Å². The zero-order valence-corrected chi connectivity index (χ0v) is 14.8.